The van der Waals surface area contributed by atoms with Gasteiger partial charge in [0.15, 0.2) is 11.4 Å². The SMILES string of the molecule is CC(=O)CC(=O)NC1=CC=C2C(CC[C@@]23CN(CC(=O)N(Cc2ccccc2)C(C)C2CC2)C(=O)O3)C1=O. The van der Waals surface area contributed by atoms with E-state index in [0.717, 1.165) is 18.4 Å². The number of benzene rings is 1. The van der Waals surface area contributed by atoms with Crippen molar-refractivity contribution in [3.8, 4) is 0 Å². The van der Waals surface area contributed by atoms with E-state index in [1.54, 1.807) is 6.08 Å². The predicted molar refractivity (Wildman–Crippen MR) is 137 cm³/mol. The number of ketones is 2. The number of Topliss-reactive ketones (excluding diaryl/α,β-unsaturated/α-hetero) is 2. The first-order valence-corrected chi connectivity index (χ1v) is 13.2. The highest BCUT2D eigenvalue weighted by Gasteiger charge is 2.56. The van der Waals surface area contributed by atoms with Gasteiger partial charge in [0.2, 0.25) is 11.8 Å². The molecule has 3 aliphatic carbocycles. The maximum absolute atomic E-state index is 13.5. The summed E-state index contributed by atoms with van der Waals surface area (Å²) in [5, 5.41) is 2.53. The molecule has 1 heterocycles. The molecule has 2 unspecified atom stereocenters. The summed E-state index contributed by atoms with van der Waals surface area (Å²) in [6, 6.07) is 9.91. The van der Waals surface area contributed by atoms with E-state index in [0.29, 0.717) is 30.9 Å². The lowest BCUT2D eigenvalue weighted by molar-refractivity contribution is -0.135. The Hall–Kier alpha value is -3.75. The minimum absolute atomic E-state index is 0.0756. The fourth-order valence-corrected chi connectivity index (χ4v) is 5.87. The van der Waals surface area contributed by atoms with Crippen molar-refractivity contribution in [1.29, 1.82) is 0 Å². The number of carbonyl (C=O) groups is 5. The van der Waals surface area contributed by atoms with Gasteiger partial charge < -0.3 is 15.0 Å². The van der Waals surface area contributed by atoms with Gasteiger partial charge in [-0.2, -0.15) is 0 Å². The number of rotatable bonds is 9. The summed E-state index contributed by atoms with van der Waals surface area (Å²) in [6.45, 7) is 3.98. The number of carbonyl (C=O) groups excluding carboxylic acids is 5. The summed E-state index contributed by atoms with van der Waals surface area (Å²) in [5.74, 6) is -1.23. The van der Waals surface area contributed by atoms with Crippen LogP contribution in [-0.4, -0.2) is 64.0 Å². The maximum atomic E-state index is 13.5. The highest BCUT2D eigenvalue weighted by atomic mass is 16.6. The van der Waals surface area contributed by atoms with Crippen molar-refractivity contribution in [1.82, 2.24) is 15.1 Å². The second kappa shape index (κ2) is 10.2. The molecule has 3 amide bonds. The van der Waals surface area contributed by atoms with Gasteiger partial charge in [0, 0.05) is 18.5 Å². The second-order valence-electron chi connectivity index (χ2n) is 10.9. The molecular formula is C29H33N3O6. The van der Waals surface area contributed by atoms with Crippen LogP contribution < -0.4 is 5.32 Å². The third-order valence-corrected chi connectivity index (χ3v) is 8.06. The van der Waals surface area contributed by atoms with E-state index in [4.69, 9.17) is 4.74 Å². The molecule has 0 aromatic heterocycles. The Morgan fingerprint density at radius 2 is 1.87 bits per heavy atom. The number of ether oxygens (including phenoxy) is 1. The number of allylic oxidation sites excluding steroid dienone is 3. The molecular weight excluding hydrogens is 486 g/mol. The molecule has 3 fully saturated rings. The van der Waals surface area contributed by atoms with Gasteiger partial charge >= 0.3 is 6.09 Å². The van der Waals surface area contributed by atoms with Gasteiger partial charge in [-0.3, -0.25) is 24.1 Å². The lowest BCUT2D eigenvalue weighted by Crippen LogP contribution is -2.46. The summed E-state index contributed by atoms with van der Waals surface area (Å²) < 4.78 is 5.86. The first-order valence-electron chi connectivity index (χ1n) is 13.2. The first-order chi connectivity index (χ1) is 18.2. The van der Waals surface area contributed by atoms with Crippen LogP contribution in [0.2, 0.25) is 0 Å². The standard InChI is InChI=1S/C29H33N3O6/c1-18(33)14-25(34)30-24-11-10-23-22(27(24)36)12-13-29(23)17-31(28(37)38-29)16-26(35)32(19(2)21-8-9-21)15-20-6-4-3-5-7-20/h3-7,10-11,19,21-22H,8-9,12-17H2,1-2H3,(H,30,34)/t19?,22?,29-/m1/s1. The molecule has 4 aliphatic rings. The first kappa shape index (κ1) is 25.9. The Bertz CT molecular complexity index is 1230. The molecule has 5 rings (SSSR count). The Morgan fingerprint density at radius 1 is 1.13 bits per heavy atom. The van der Waals surface area contributed by atoms with E-state index in [2.05, 4.69) is 12.2 Å². The van der Waals surface area contributed by atoms with Crippen LogP contribution >= 0.6 is 0 Å². The number of hydrogen-bond donors (Lipinski definition) is 1. The third kappa shape index (κ3) is 5.14. The normalized spacial score (nSPS) is 24.9. The van der Waals surface area contributed by atoms with E-state index in [9.17, 15) is 24.0 Å². The van der Waals surface area contributed by atoms with Crippen LogP contribution in [0.3, 0.4) is 0 Å². The molecule has 0 radical (unpaired) electrons. The number of hydrogen-bond acceptors (Lipinski definition) is 6. The number of nitrogens with zero attached hydrogens (tertiary/aromatic N) is 2. The molecule has 38 heavy (non-hydrogen) atoms. The quantitative estimate of drug-likeness (QED) is 0.502. The second-order valence-corrected chi connectivity index (χ2v) is 10.9. The number of nitrogens with one attached hydrogen (secondary N) is 1. The molecule has 1 aromatic carbocycles. The number of fused-ring (bicyclic) bond motifs is 2. The van der Waals surface area contributed by atoms with Crippen LogP contribution in [0.1, 0.15) is 51.5 Å². The third-order valence-electron chi connectivity index (χ3n) is 8.06. The Balaban J connectivity index is 1.29. The van der Waals surface area contributed by atoms with Crippen LogP contribution in [0.5, 0.6) is 0 Å². The molecule has 1 aliphatic heterocycles. The topological polar surface area (TPSA) is 113 Å². The van der Waals surface area contributed by atoms with Crippen molar-refractivity contribution in [2.24, 2.45) is 11.8 Å². The van der Waals surface area contributed by atoms with E-state index >= 15 is 0 Å². The zero-order chi connectivity index (χ0) is 27.0. The van der Waals surface area contributed by atoms with Crippen LogP contribution in [0.25, 0.3) is 0 Å². The lowest BCUT2D eigenvalue weighted by Gasteiger charge is -2.31. The molecule has 1 aromatic rings. The van der Waals surface area contributed by atoms with Crippen LogP contribution in [-0.2, 0) is 30.5 Å². The van der Waals surface area contributed by atoms with Gasteiger partial charge in [-0.15, -0.1) is 0 Å². The Kier molecular flexibility index (Phi) is 6.94. The minimum atomic E-state index is -0.963. The zero-order valence-electron chi connectivity index (χ0n) is 21.8. The van der Waals surface area contributed by atoms with Gasteiger partial charge in [0.1, 0.15) is 12.3 Å². The van der Waals surface area contributed by atoms with E-state index in [1.165, 1.54) is 17.9 Å². The molecule has 9 heteroatoms. The summed E-state index contributed by atoms with van der Waals surface area (Å²) >= 11 is 0. The van der Waals surface area contributed by atoms with E-state index in [1.807, 2.05) is 35.2 Å². The molecule has 2 saturated carbocycles. The largest absolute Gasteiger partial charge is 0.436 e. The van der Waals surface area contributed by atoms with Crippen molar-refractivity contribution in [2.45, 2.75) is 64.1 Å². The molecule has 3 atom stereocenters. The Labute approximate surface area is 221 Å². The number of amides is 3. The fourth-order valence-electron chi connectivity index (χ4n) is 5.87. The average molecular weight is 520 g/mol. The highest BCUT2D eigenvalue weighted by Crippen LogP contribution is 2.48. The average Bonchev–Trinajstić information content (AvgIpc) is 3.60. The maximum Gasteiger partial charge on any atom is 0.411 e. The van der Waals surface area contributed by atoms with Crippen molar-refractivity contribution < 1.29 is 28.7 Å². The van der Waals surface area contributed by atoms with E-state index in [-0.39, 0.29) is 48.7 Å². The van der Waals surface area contributed by atoms with Crippen LogP contribution in [0.4, 0.5) is 4.79 Å². The zero-order valence-corrected chi connectivity index (χ0v) is 21.8. The van der Waals surface area contributed by atoms with E-state index < -0.39 is 23.5 Å². The van der Waals surface area contributed by atoms with Crippen LogP contribution in [0.15, 0.2) is 53.8 Å². The molecule has 1 saturated heterocycles. The van der Waals surface area contributed by atoms with Crippen molar-refractivity contribution >= 4 is 29.5 Å². The summed E-state index contributed by atoms with van der Waals surface area (Å²) in [6.07, 6.45) is 5.52. The van der Waals surface area contributed by atoms with Gasteiger partial charge in [-0.05, 0) is 62.7 Å². The monoisotopic (exact) mass is 519 g/mol. The van der Waals surface area contributed by atoms with Crippen molar-refractivity contribution in [2.75, 3.05) is 13.1 Å². The van der Waals surface area contributed by atoms with Crippen LogP contribution in [0, 0.1) is 11.8 Å². The fraction of sp³-hybridized carbons (Fsp3) is 0.483. The van der Waals surface area contributed by atoms with Gasteiger partial charge in [0.05, 0.1) is 18.7 Å². The van der Waals surface area contributed by atoms with Crippen molar-refractivity contribution in [3.05, 3.63) is 59.3 Å². The molecule has 9 nitrogen and oxygen atoms in total. The minimum Gasteiger partial charge on any atom is -0.436 e. The predicted octanol–water partition coefficient (Wildman–Crippen LogP) is 2.90. The molecule has 0 bridgehead atoms. The highest BCUT2D eigenvalue weighted by molar-refractivity contribution is 6.06. The van der Waals surface area contributed by atoms with Crippen molar-refractivity contribution in [3.63, 3.8) is 0 Å². The van der Waals surface area contributed by atoms with Gasteiger partial charge in [0.25, 0.3) is 0 Å². The van der Waals surface area contributed by atoms with Gasteiger partial charge in [-0.25, -0.2) is 4.79 Å². The molecule has 200 valence electrons. The smallest absolute Gasteiger partial charge is 0.411 e. The Morgan fingerprint density at radius 3 is 2.55 bits per heavy atom. The summed E-state index contributed by atoms with van der Waals surface area (Å²) in [4.78, 5) is 66.1. The molecule has 1 N–H and O–H groups in total. The molecule has 1 spiro atoms. The summed E-state index contributed by atoms with van der Waals surface area (Å²) in [7, 11) is 0. The van der Waals surface area contributed by atoms with Gasteiger partial charge in [-0.1, -0.05) is 36.4 Å². The summed E-state index contributed by atoms with van der Waals surface area (Å²) in [5.41, 5.74) is 0.915. The lowest BCUT2D eigenvalue weighted by atomic mass is 9.85.